The molecule has 2 N–H and O–H groups in total. The number of aryl methyl sites for hydroxylation is 1. The van der Waals surface area contributed by atoms with E-state index in [0.29, 0.717) is 6.42 Å². The molecule has 3 rings (SSSR count). The molecule has 7 heteroatoms. The molecule has 1 aromatic heterocycles. The molecular formula is C19H25N5O2. The summed E-state index contributed by atoms with van der Waals surface area (Å²) < 4.78 is 5.40. The van der Waals surface area contributed by atoms with Gasteiger partial charge in [-0.25, -0.2) is 9.97 Å². The second-order valence-corrected chi connectivity index (χ2v) is 6.26. The topological polar surface area (TPSA) is 79.4 Å². The van der Waals surface area contributed by atoms with Crippen LogP contribution in [0.4, 0.5) is 23.0 Å². The van der Waals surface area contributed by atoms with Crippen molar-refractivity contribution in [1.82, 2.24) is 9.97 Å². The molecule has 0 aliphatic carbocycles. The Morgan fingerprint density at radius 1 is 1.15 bits per heavy atom. The van der Waals surface area contributed by atoms with Crippen LogP contribution in [0.5, 0.6) is 0 Å². The fourth-order valence-electron chi connectivity index (χ4n) is 2.81. The van der Waals surface area contributed by atoms with E-state index < -0.39 is 0 Å². The van der Waals surface area contributed by atoms with E-state index in [-0.39, 0.29) is 5.91 Å². The van der Waals surface area contributed by atoms with E-state index in [1.54, 1.807) is 0 Å². The number of morpholine rings is 1. The van der Waals surface area contributed by atoms with Crippen molar-refractivity contribution in [2.75, 3.05) is 41.8 Å². The van der Waals surface area contributed by atoms with Gasteiger partial charge in [0.1, 0.15) is 17.5 Å². The maximum atomic E-state index is 11.7. The Bertz CT molecular complexity index is 742. The smallest absolute Gasteiger partial charge is 0.224 e. The summed E-state index contributed by atoms with van der Waals surface area (Å²) in [5.74, 6) is 2.42. The van der Waals surface area contributed by atoms with Crippen LogP contribution in [0.1, 0.15) is 25.6 Å². The number of benzene rings is 1. The molecule has 1 aliphatic heterocycles. The summed E-state index contributed by atoms with van der Waals surface area (Å²) in [6.45, 7) is 6.99. The normalized spacial score (nSPS) is 14.2. The Balaban J connectivity index is 1.68. The molecule has 1 amide bonds. The lowest BCUT2D eigenvalue weighted by Gasteiger charge is -2.28. The van der Waals surface area contributed by atoms with Crippen LogP contribution in [0, 0.1) is 6.92 Å². The zero-order chi connectivity index (χ0) is 18.4. The number of nitrogens with one attached hydrogen (secondary N) is 2. The molecule has 138 valence electrons. The number of nitrogens with zero attached hydrogens (tertiary/aromatic N) is 3. The third-order valence-corrected chi connectivity index (χ3v) is 4.08. The van der Waals surface area contributed by atoms with Crippen molar-refractivity contribution in [3.05, 3.63) is 36.2 Å². The standard InChI is InChI=1S/C19H25N5O2/c1-3-4-19(25)23-16-7-5-15(6-8-16)22-17-13-18(21-14(2)20-17)24-9-11-26-12-10-24/h5-8,13H,3-4,9-12H2,1-2H3,(H,23,25)(H,20,21,22). The van der Waals surface area contributed by atoms with Crippen LogP contribution in [-0.2, 0) is 9.53 Å². The molecule has 0 unspecified atom stereocenters. The van der Waals surface area contributed by atoms with Gasteiger partial charge in [0, 0.05) is 37.0 Å². The van der Waals surface area contributed by atoms with Gasteiger partial charge in [-0.1, -0.05) is 6.92 Å². The maximum absolute atomic E-state index is 11.7. The summed E-state index contributed by atoms with van der Waals surface area (Å²) in [6, 6.07) is 9.57. The van der Waals surface area contributed by atoms with E-state index >= 15 is 0 Å². The van der Waals surface area contributed by atoms with Crippen LogP contribution in [0.3, 0.4) is 0 Å². The van der Waals surface area contributed by atoms with E-state index in [1.807, 2.05) is 44.2 Å². The average molecular weight is 355 g/mol. The van der Waals surface area contributed by atoms with Crippen LogP contribution in [-0.4, -0.2) is 42.2 Å². The van der Waals surface area contributed by atoms with Crippen molar-refractivity contribution >= 4 is 28.9 Å². The van der Waals surface area contributed by atoms with Crippen molar-refractivity contribution < 1.29 is 9.53 Å². The zero-order valence-corrected chi connectivity index (χ0v) is 15.3. The Kier molecular flexibility index (Phi) is 6.01. The van der Waals surface area contributed by atoms with Gasteiger partial charge in [-0.15, -0.1) is 0 Å². The highest BCUT2D eigenvalue weighted by molar-refractivity contribution is 5.90. The highest BCUT2D eigenvalue weighted by Crippen LogP contribution is 2.22. The molecule has 26 heavy (non-hydrogen) atoms. The first kappa shape index (κ1) is 18.1. The summed E-state index contributed by atoms with van der Waals surface area (Å²) in [5.41, 5.74) is 1.70. The first-order valence-electron chi connectivity index (χ1n) is 8.99. The van der Waals surface area contributed by atoms with Crippen LogP contribution < -0.4 is 15.5 Å². The van der Waals surface area contributed by atoms with Crippen molar-refractivity contribution in [3.63, 3.8) is 0 Å². The Hall–Kier alpha value is -2.67. The van der Waals surface area contributed by atoms with Crippen molar-refractivity contribution in [3.8, 4) is 0 Å². The molecule has 1 fully saturated rings. The molecule has 2 heterocycles. The van der Waals surface area contributed by atoms with Gasteiger partial charge >= 0.3 is 0 Å². The van der Waals surface area contributed by atoms with Crippen molar-refractivity contribution in [2.24, 2.45) is 0 Å². The quantitative estimate of drug-likeness (QED) is 0.829. The molecule has 0 bridgehead atoms. The number of hydrogen-bond donors (Lipinski definition) is 2. The first-order valence-corrected chi connectivity index (χ1v) is 8.99. The second kappa shape index (κ2) is 8.62. The van der Waals surface area contributed by atoms with Crippen LogP contribution in [0.15, 0.2) is 30.3 Å². The Morgan fingerprint density at radius 3 is 2.54 bits per heavy atom. The summed E-state index contributed by atoms with van der Waals surface area (Å²) in [5, 5.41) is 6.19. The van der Waals surface area contributed by atoms with E-state index in [0.717, 1.165) is 61.6 Å². The number of carbonyl (C=O) groups excluding carboxylic acids is 1. The SMILES string of the molecule is CCCC(=O)Nc1ccc(Nc2cc(N3CCOCC3)nc(C)n2)cc1. The van der Waals surface area contributed by atoms with Gasteiger partial charge in [0.05, 0.1) is 13.2 Å². The van der Waals surface area contributed by atoms with Gasteiger partial charge in [-0.05, 0) is 37.6 Å². The Labute approximate surface area is 153 Å². The number of aromatic nitrogens is 2. The third-order valence-electron chi connectivity index (χ3n) is 4.08. The molecule has 1 aromatic carbocycles. The summed E-state index contributed by atoms with van der Waals surface area (Å²) >= 11 is 0. The molecular weight excluding hydrogens is 330 g/mol. The fraction of sp³-hybridized carbons (Fsp3) is 0.421. The predicted molar refractivity (Wildman–Crippen MR) is 103 cm³/mol. The van der Waals surface area contributed by atoms with Crippen LogP contribution >= 0.6 is 0 Å². The number of ether oxygens (including phenoxy) is 1. The molecule has 0 spiro atoms. The monoisotopic (exact) mass is 355 g/mol. The van der Waals surface area contributed by atoms with Gasteiger partial charge in [-0.2, -0.15) is 0 Å². The summed E-state index contributed by atoms with van der Waals surface area (Å²) in [7, 11) is 0. The lowest BCUT2D eigenvalue weighted by atomic mass is 10.2. The summed E-state index contributed by atoms with van der Waals surface area (Å²) in [6.07, 6.45) is 1.37. The van der Waals surface area contributed by atoms with Gasteiger partial charge in [-0.3, -0.25) is 4.79 Å². The molecule has 1 aliphatic rings. The van der Waals surface area contributed by atoms with Gasteiger partial charge < -0.3 is 20.3 Å². The van der Waals surface area contributed by atoms with E-state index in [4.69, 9.17) is 4.74 Å². The summed E-state index contributed by atoms with van der Waals surface area (Å²) in [4.78, 5) is 22.9. The van der Waals surface area contributed by atoms with E-state index in [2.05, 4.69) is 25.5 Å². The second-order valence-electron chi connectivity index (χ2n) is 6.26. The molecule has 0 saturated carbocycles. The number of anilines is 4. The largest absolute Gasteiger partial charge is 0.378 e. The molecule has 2 aromatic rings. The van der Waals surface area contributed by atoms with Crippen molar-refractivity contribution in [2.45, 2.75) is 26.7 Å². The molecule has 1 saturated heterocycles. The van der Waals surface area contributed by atoms with Crippen LogP contribution in [0.2, 0.25) is 0 Å². The predicted octanol–water partition coefficient (Wildman–Crippen LogP) is 3.10. The maximum Gasteiger partial charge on any atom is 0.224 e. The van der Waals surface area contributed by atoms with Crippen molar-refractivity contribution in [1.29, 1.82) is 0 Å². The van der Waals surface area contributed by atoms with E-state index in [9.17, 15) is 4.79 Å². The average Bonchev–Trinajstić information content (AvgIpc) is 2.64. The van der Waals surface area contributed by atoms with E-state index in [1.165, 1.54) is 0 Å². The lowest BCUT2D eigenvalue weighted by molar-refractivity contribution is -0.116. The van der Waals surface area contributed by atoms with Gasteiger partial charge in [0.15, 0.2) is 0 Å². The number of rotatable bonds is 6. The number of hydrogen-bond acceptors (Lipinski definition) is 6. The molecule has 0 radical (unpaired) electrons. The Morgan fingerprint density at radius 2 is 1.85 bits per heavy atom. The molecule has 0 atom stereocenters. The third kappa shape index (κ3) is 4.92. The minimum absolute atomic E-state index is 0.0368. The highest BCUT2D eigenvalue weighted by Gasteiger charge is 2.14. The van der Waals surface area contributed by atoms with Gasteiger partial charge in [0.25, 0.3) is 0 Å². The fourth-order valence-corrected chi connectivity index (χ4v) is 2.81. The highest BCUT2D eigenvalue weighted by atomic mass is 16.5. The number of carbonyl (C=O) groups is 1. The first-order chi connectivity index (χ1) is 12.6. The number of amides is 1. The minimum atomic E-state index is 0.0368. The van der Waals surface area contributed by atoms with Gasteiger partial charge in [0.2, 0.25) is 5.91 Å². The minimum Gasteiger partial charge on any atom is -0.378 e. The van der Waals surface area contributed by atoms with Crippen LogP contribution in [0.25, 0.3) is 0 Å². The zero-order valence-electron chi connectivity index (χ0n) is 15.3. The molecule has 7 nitrogen and oxygen atoms in total. The lowest BCUT2D eigenvalue weighted by Crippen LogP contribution is -2.36.